The Bertz CT molecular complexity index is 322. The third-order valence-electron chi connectivity index (χ3n) is 3.32. The van der Waals surface area contributed by atoms with Gasteiger partial charge in [-0.3, -0.25) is 0 Å². The Morgan fingerprint density at radius 3 is 2.33 bits per heavy atom. The van der Waals surface area contributed by atoms with E-state index in [1.807, 2.05) is 19.2 Å². The summed E-state index contributed by atoms with van der Waals surface area (Å²) in [4.78, 5) is 0. The number of rotatable bonds is 8. The highest BCUT2D eigenvalue weighted by Crippen LogP contribution is 2.10. The molecule has 0 heterocycles. The zero-order valence-corrected chi connectivity index (χ0v) is 12.4. The second kappa shape index (κ2) is 8.52. The van der Waals surface area contributed by atoms with Crippen LogP contribution < -0.4 is 10.6 Å². The van der Waals surface area contributed by atoms with Crippen molar-refractivity contribution in [2.24, 2.45) is 11.8 Å². The molecule has 1 aromatic rings. The number of hydrogen-bond acceptors (Lipinski definition) is 2. The summed E-state index contributed by atoms with van der Waals surface area (Å²) in [6.45, 7) is 7.73. The minimum absolute atomic E-state index is 0.695. The third-order valence-corrected chi connectivity index (χ3v) is 3.57. The van der Waals surface area contributed by atoms with Crippen molar-refractivity contribution in [3.05, 3.63) is 34.9 Å². The Kier molecular flexibility index (Phi) is 7.33. The first kappa shape index (κ1) is 15.5. The lowest BCUT2D eigenvalue weighted by atomic mass is 9.96. The van der Waals surface area contributed by atoms with E-state index in [2.05, 4.69) is 36.6 Å². The van der Waals surface area contributed by atoms with Gasteiger partial charge in [0.15, 0.2) is 0 Å². The molecule has 0 fully saturated rings. The highest BCUT2D eigenvalue weighted by atomic mass is 35.5. The van der Waals surface area contributed by atoms with E-state index >= 15 is 0 Å². The summed E-state index contributed by atoms with van der Waals surface area (Å²) in [7, 11) is 2.02. The molecule has 102 valence electrons. The highest BCUT2D eigenvalue weighted by molar-refractivity contribution is 6.30. The van der Waals surface area contributed by atoms with Crippen LogP contribution in [0, 0.1) is 11.8 Å². The SMILES string of the molecule is CNCC(CNCCc1ccc(Cl)cc1)C(C)C. The van der Waals surface area contributed by atoms with Crippen LogP contribution in [-0.2, 0) is 6.42 Å². The number of hydrogen-bond donors (Lipinski definition) is 2. The van der Waals surface area contributed by atoms with E-state index in [4.69, 9.17) is 11.6 Å². The van der Waals surface area contributed by atoms with Gasteiger partial charge >= 0.3 is 0 Å². The molecule has 0 aliphatic rings. The Labute approximate surface area is 116 Å². The fraction of sp³-hybridized carbons (Fsp3) is 0.600. The standard InChI is InChI=1S/C15H25ClN2/c1-12(2)14(10-17-3)11-18-9-8-13-4-6-15(16)7-5-13/h4-7,12,14,17-18H,8-11H2,1-3H3. The normalized spacial score (nSPS) is 12.9. The van der Waals surface area contributed by atoms with E-state index in [1.165, 1.54) is 5.56 Å². The van der Waals surface area contributed by atoms with Crippen molar-refractivity contribution in [2.45, 2.75) is 20.3 Å². The zero-order chi connectivity index (χ0) is 13.4. The molecule has 2 nitrogen and oxygen atoms in total. The molecular weight excluding hydrogens is 244 g/mol. The van der Waals surface area contributed by atoms with E-state index < -0.39 is 0 Å². The van der Waals surface area contributed by atoms with Crippen LogP contribution in [0.25, 0.3) is 0 Å². The third kappa shape index (κ3) is 5.85. The second-order valence-electron chi connectivity index (χ2n) is 5.14. The van der Waals surface area contributed by atoms with Gasteiger partial charge in [0.1, 0.15) is 0 Å². The first-order valence-electron chi connectivity index (χ1n) is 6.73. The molecule has 0 aliphatic carbocycles. The monoisotopic (exact) mass is 268 g/mol. The van der Waals surface area contributed by atoms with Gasteiger partial charge in [-0.2, -0.15) is 0 Å². The van der Waals surface area contributed by atoms with Crippen molar-refractivity contribution in [1.82, 2.24) is 10.6 Å². The summed E-state index contributed by atoms with van der Waals surface area (Å²) in [5.74, 6) is 1.40. The van der Waals surface area contributed by atoms with Gasteiger partial charge in [-0.25, -0.2) is 0 Å². The molecule has 0 aromatic heterocycles. The van der Waals surface area contributed by atoms with Crippen molar-refractivity contribution in [3.8, 4) is 0 Å². The van der Waals surface area contributed by atoms with Crippen LogP contribution in [0.4, 0.5) is 0 Å². The molecule has 1 unspecified atom stereocenters. The van der Waals surface area contributed by atoms with Crippen LogP contribution in [-0.4, -0.2) is 26.7 Å². The zero-order valence-electron chi connectivity index (χ0n) is 11.7. The first-order valence-corrected chi connectivity index (χ1v) is 7.11. The van der Waals surface area contributed by atoms with Gasteiger partial charge in [0, 0.05) is 5.02 Å². The fourth-order valence-corrected chi connectivity index (χ4v) is 2.10. The van der Waals surface area contributed by atoms with Crippen LogP contribution in [0.5, 0.6) is 0 Å². The molecule has 0 radical (unpaired) electrons. The number of benzene rings is 1. The van der Waals surface area contributed by atoms with Crippen molar-refractivity contribution in [2.75, 3.05) is 26.7 Å². The van der Waals surface area contributed by atoms with Gasteiger partial charge in [-0.1, -0.05) is 37.6 Å². The Hall–Kier alpha value is -0.570. The van der Waals surface area contributed by atoms with E-state index in [0.29, 0.717) is 11.8 Å². The highest BCUT2D eigenvalue weighted by Gasteiger charge is 2.11. The lowest BCUT2D eigenvalue weighted by Gasteiger charge is -2.21. The average molecular weight is 269 g/mol. The molecule has 2 N–H and O–H groups in total. The lowest BCUT2D eigenvalue weighted by Crippen LogP contribution is -2.34. The second-order valence-corrected chi connectivity index (χ2v) is 5.58. The minimum Gasteiger partial charge on any atom is -0.319 e. The first-order chi connectivity index (χ1) is 8.63. The summed E-state index contributed by atoms with van der Waals surface area (Å²) in [6, 6.07) is 8.10. The predicted molar refractivity (Wildman–Crippen MR) is 80.3 cm³/mol. The van der Waals surface area contributed by atoms with E-state index in [9.17, 15) is 0 Å². The van der Waals surface area contributed by atoms with Crippen LogP contribution in [0.1, 0.15) is 19.4 Å². The van der Waals surface area contributed by atoms with Gasteiger partial charge in [-0.15, -0.1) is 0 Å². The van der Waals surface area contributed by atoms with E-state index in [1.54, 1.807) is 0 Å². The summed E-state index contributed by atoms with van der Waals surface area (Å²) < 4.78 is 0. The van der Waals surface area contributed by atoms with Crippen molar-refractivity contribution in [1.29, 1.82) is 0 Å². The molecule has 0 bridgehead atoms. The largest absolute Gasteiger partial charge is 0.319 e. The molecule has 1 atom stereocenters. The quantitative estimate of drug-likeness (QED) is 0.709. The van der Waals surface area contributed by atoms with Gasteiger partial charge in [-0.05, 0) is 62.6 Å². The van der Waals surface area contributed by atoms with Crippen LogP contribution in [0.3, 0.4) is 0 Å². The van der Waals surface area contributed by atoms with Gasteiger partial charge < -0.3 is 10.6 Å². The molecular formula is C15H25ClN2. The fourth-order valence-electron chi connectivity index (χ4n) is 1.98. The molecule has 0 saturated carbocycles. The summed E-state index contributed by atoms with van der Waals surface area (Å²) in [5, 5.41) is 7.61. The number of nitrogens with one attached hydrogen (secondary N) is 2. The Morgan fingerprint density at radius 1 is 1.11 bits per heavy atom. The maximum Gasteiger partial charge on any atom is 0.0406 e. The maximum atomic E-state index is 5.86. The number of halogens is 1. The maximum absolute atomic E-state index is 5.86. The van der Waals surface area contributed by atoms with Crippen LogP contribution >= 0.6 is 11.6 Å². The summed E-state index contributed by atoms with van der Waals surface area (Å²) >= 11 is 5.86. The molecule has 1 aromatic carbocycles. The summed E-state index contributed by atoms with van der Waals surface area (Å²) in [6.07, 6.45) is 1.06. The molecule has 0 saturated heterocycles. The molecule has 0 spiro atoms. The van der Waals surface area contributed by atoms with Gasteiger partial charge in [0.25, 0.3) is 0 Å². The molecule has 0 amide bonds. The molecule has 1 rings (SSSR count). The average Bonchev–Trinajstić information content (AvgIpc) is 2.35. The smallest absolute Gasteiger partial charge is 0.0406 e. The van der Waals surface area contributed by atoms with Crippen molar-refractivity contribution >= 4 is 11.6 Å². The minimum atomic E-state index is 0.695. The van der Waals surface area contributed by atoms with E-state index in [-0.39, 0.29) is 0 Å². The van der Waals surface area contributed by atoms with Crippen LogP contribution in [0.2, 0.25) is 5.02 Å². The van der Waals surface area contributed by atoms with E-state index in [0.717, 1.165) is 31.1 Å². The molecule has 18 heavy (non-hydrogen) atoms. The Morgan fingerprint density at radius 2 is 1.78 bits per heavy atom. The predicted octanol–water partition coefficient (Wildman–Crippen LogP) is 2.96. The topological polar surface area (TPSA) is 24.1 Å². The Balaban J connectivity index is 2.23. The molecule has 0 aliphatic heterocycles. The van der Waals surface area contributed by atoms with Crippen molar-refractivity contribution in [3.63, 3.8) is 0 Å². The van der Waals surface area contributed by atoms with Crippen LogP contribution in [0.15, 0.2) is 24.3 Å². The lowest BCUT2D eigenvalue weighted by molar-refractivity contribution is 0.354. The van der Waals surface area contributed by atoms with Gasteiger partial charge in [0.2, 0.25) is 0 Å². The molecule has 3 heteroatoms. The van der Waals surface area contributed by atoms with Crippen molar-refractivity contribution < 1.29 is 0 Å². The summed E-state index contributed by atoms with van der Waals surface area (Å²) in [5.41, 5.74) is 1.33. The van der Waals surface area contributed by atoms with Gasteiger partial charge in [0.05, 0.1) is 0 Å².